The number of likely N-dealkylation sites (tertiary alicyclic amines) is 1. The van der Waals surface area contributed by atoms with E-state index in [1.54, 1.807) is 13.3 Å². The number of rotatable bonds is 12. The van der Waals surface area contributed by atoms with E-state index in [2.05, 4.69) is 14.8 Å². The molecule has 2 aliphatic heterocycles. The van der Waals surface area contributed by atoms with Gasteiger partial charge in [-0.3, -0.25) is 9.88 Å². The minimum atomic E-state index is -1.24. The number of aliphatic hydroxyl groups excluding tert-OH is 1. The van der Waals surface area contributed by atoms with E-state index in [-0.39, 0.29) is 30.4 Å². The van der Waals surface area contributed by atoms with Gasteiger partial charge in [0, 0.05) is 49.5 Å². The van der Waals surface area contributed by atoms with E-state index >= 15 is 4.39 Å². The molecular weight excluding hydrogens is 562 g/mol. The molecule has 0 radical (unpaired) electrons. The quantitative estimate of drug-likeness (QED) is 0.203. The molecule has 2 saturated heterocycles. The maximum absolute atomic E-state index is 16.4. The minimum absolute atomic E-state index is 0.0209. The van der Waals surface area contributed by atoms with Crippen LogP contribution < -0.4 is 4.74 Å². The van der Waals surface area contributed by atoms with Crippen molar-refractivity contribution in [3.8, 4) is 5.75 Å². The smallest absolute Gasteiger partial charge is 0.162 e. The number of fused-ring (bicyclic) bond motifs is 1. The number of methoxy groups -OCH3 is 1. The number of piperidine rings is 1. The Balaban J connectivity index is 1.22. The highest BCUT2D eigenvalue weighted by molar-refractivity contribution is 5.85. The van der Waals surface area contributed by atoms with Crippen LogP contribution in [0.15, 0.2) is 36.5 Å². The molecule has 0 amide bonds. The average molecular weight is 604 g/mol. The first-order valence-corrected chi connectivity index (χ1v) is 15.2. The zero-order valence-corrected chi connectivity index (χ0v) is 24.8. The van der Waals surface area contributed by atoms with Crippen molar-refractivity contribution in [2.45, 2.75) is 51.2 Å². The first kappa shape index (κ1) is 31.6. The third-order valence-electron chi connectivity index (χ3n) is 9.18. The summed E-state index contributed by atoms with van der Waals surface area (Å²) in [5, 5.41) is 11.2. The Morgan fingerprint density at radius 1 is 1.02 bits per heavy atom. The summed E-state index contributed by atoms with van der Waals surface area (Å²) >= 11 is 0. The molecule has 2 aliphatic rings. The van der Waals surface area contributed by atoms with Crippen LogP contribution >= 0.6 is 0 Å². The van der Waals surface area contributed by atoms with Gasteiger partial charge in [0.05, 0.1) is 25.8 Å². The molecule has 1 aromatic heterocycles. The number of halogens is 4. The van der Waals surface area contributed by atoms with Gasteiger partial charge in [-0.1, -0.05) is 0 Å². The largest absolute Gasteiger partial charge is 0.497 e. The third kappa shape index (κ3) is 7.66. The van der Waals surface area contributed by atoms with Crippen molar-refractivity contribution < 1.29 is 32.1 Å². The molecule has 1 N–H and O–H groups in total. The number of aliphatic hydroxyl groups is 1. The zero-order chi connectivity index (χ0) is 30.4. The Labute approximate surface area is 250 Å². The summed E-state index contributed by atoms with van der Waals surface area (Å²) < 4.78 is 68.4. The lowest BCUT2D eigenvalue weighted by molar-refractivity contribution is 0.0293. The number of morpholine rings is 1. The number of hydrogen-bond acceptors (Lipinski definition) is 6. The second-order valence-electron chi connectivity index (χ2n) is 11.9. The molecule has 10 heteroatoms. The van der Waals surface area contributed by atoms with Crippen LogP contribution in [-0.4, -0.2) is 79.5 Å². The van der Waals surface area contributed by atoms with Crippen molar-refractivity contribution in [1.29, 1.82) is 0 Å². The molecule has 1 atom stereocenters. The predicted octanol–water partition coefficient (Wildman–Crippen LogP) is 5.99. The molecule has 43 heavy (non-hydrogen) atoms. The Kier molecular flexibility index (Phi) is 10.5. The fraction of sp³-hybridized carbons (Fsp3) is 0.545. The van der Waals surface area contributed by atoms with Gasteiger partial charge in [-0.15, -0.1) is 0 Å². The van der Waals surface area contributed by atoms with Gasteiger partial charge in [0.25, 0.3) is 0 Å². The summed E-state index contributed by atoms with van der Waals surface area (Å²) in [7, 11) is 1.59. The third-order valence-corrected chi connectivity index (χ3v) is 9.18. The Morgan fingerprint density at radius 2 is 1.79 bits per heavy atom. The normalized spacial score (nSPS) is 18.7. The number of aromatic nitrogens is 1. The van der Waals surface area contributed by atoms with Crippen molar-refractivity contribution in [2.24, 2.45) is 5.41 Å². The topological polar surface area (TPSA) is 58.1 Å². The standard InChI is InChI=1S/C33H41F4N3O3/c1-42-26-4-5-30-27(19-26)31(24(20-38-30)21-40-13-15-43-16-14-40)28(35)6-7-33(22-41)8-11-39(12-9-33)10-2-3-23-17-25(34)18-29(36)32(23)37/h4-5,17-20,28,41H,2-3,6-16,21-22H2,1H3/t28-/m0/s1. The fourth-order valence-corrected chi connectivity index (χ4v) is 6.46. The summed E-state index contributed by atoms with van der Waals surface area (Å²) in [5.74, 6) is -2.29. The average Bonchev–Trinajstić information content (AvgIpc) is 3.03. The minimum Gasteiger partial charge on any atom is -0.497 e. The maximum atomic E-state index is 16.4. The molecule has 234 valence electrons. The SMILES string of the molecule is COc1ccc2ncc(CN3CCOCC3)c([C@@H](F)CCC3(CO)CCN(CCCc4cc(F)cc(F)c4F)CC3)c2c1. The molecule has 6 nitrogen and oxygen atoms in total. The van der Waals surface area contributed by atoms with Crippen molar-refractivity contribution in [3.63, 3.8) is 0 Å². The summed E-state index contributed by atoms with van der Waals surface area (Å²) in [6, 6.07) is 7.14. The molecule has 0 aliphatic carbocycles. The molecule has 0 bridgehead atoms. The summed E-state index contributed by atoms with van der Waals surface area (Å²) in [6.07, 6.45) is 3.59. The number of aryl methyl sites for hydroxylation is 1. The van der Waals surface area contributed by atoms with Gasteiger partial charge in [0.15, 0.2) is 11.6 Å². The monoisotopic (exact) mass is 603 g/mol. The second kappa shape index (κ2) is 14.3. The van der Waals surface area contributed by atoms with E-state index in [9.17, 15) is 18.3 Å². The number of alkyl halides is 1. The van der Waals surface area contributed by atoms with Crippen molar-refractivity contribution in [2.75, 3.05) is 59.7 Å². The van der Waals surface area contributed by atoms with Gasteiger partial charge < -0.3 is 19.5 Å². The molecule has 0 unspecified atom stereocenters. The van der Waals surface area contributed by atoms with Gasteiger partial charge in [0.1, 0.15) is 17.7 Å². The molecule has 3 aromatic rings. The van der Waals surface area contributed by atoms with Crippen molar-refractivity contribution >= 4 is 10.9 Å². The molecule has 5 rings (SSSR count). The summed E-state index contributed by atoms with van der Waals surface area (Å²) in [5.41, 5.74) is 1.88. The van der Waals surface area contributed by atoms with E-state index in [1.807, 2.05) is 18.2 Å². The van der Waals surface area contributed by atoms with Gasteiger partial charge in [-0.2, -0.15) is 0 Å². The highest BCUT2D eigenvalue weighted by Gasteiger charge is 2.35. The summed E-state index contributed by atoms with van der Waals surface area (Å²) in [6.45, 7) is 5.53. The molecule has 0 saturated carbocycles. The number of ether oxygens (including phenoxy) is 2. The van der Waals surface area contributed by atoms with Crippen molar-refractivity contribution in [3.05, 3.63) is 70.7 Å². The zero-order valence-electron chi connectivity index (χ0n) is 24.8. The lowest BCUT2D eigenvalue weighted by atomic mass is 9.74. The highest BCUT2D eigenvalue weighted by atomic mass is 19.2. The van der Waals surface area contributed by atoms with Crippen LogP contribution in [0.25, 0.3) is 10.9 Å². The van der Waals surface area contributed by atoms with Gasteiger partial charge in [-0.25, -0.2) is 17.6 Å². The van der Waals surface area contributed by atoms with Crippen LogP contribution in [0.2, 0.25) is 0 Å². The van der Waals surface area contributed by atoms with Gasteiger partial charge >= 0.3 is 0 Å². The van der Waals surface area contributed by atoms with Gasteiger partial charge in [0.2, 0.25) is 0 Å². The van der Waals surface area contributed by atoms with Crippen LogP contribution in [0.3, 0.4) is 0 Å². The van der Waals surface area contributed by atoms with E-state index in [0.717, 1.165) is 48.7 Å². The maximum Gasteiger partial charge on any atom is 0.162 e. The van der Waals surface area contributed by atoms with E-state index in [4.69, 9.17) is 9.47 Å². The molecule has 0 spiro atoms. The van der Waals surface area contributed by atoms with E-state index in [0.29, 0.717) is 69.4 Å². The number of hydrogen-bond donors (Lipinski definition) is 1. The van der Waals surface area contributed by atoms with E-state index < -0.39 is 23.6 Å². The number of nitrogens with zero attached hydrogens (tertiary/aromatic N) is 3. The van der Waals surface area contributed by atoms with Crippen LogP contribution in [0, 0.1) is 22.9 Å². The molecule has 3 heterocycles. The Morgan fingerprint density at radius 3 is 2.51 bits per heavy atom. The molecule has 2 fully saturated rings. The van der Waals surface area contributed by atoms with E-state index in [1.165, 1.54) is 0 Å². The second-order valence-corrected chi connectivity index (χ2v) is 11.9. The first-order valence-electron chi connectivity index (χ1n) is 15.2. The van der Waals surface area contributed by atoms with Crippen LogP contribution in [0.1, 0.15) is 55.0 Å². The van der Waals surface area contributed by atoms with Crippen LogP contribution in [0.4, 0.5) is 17.6 Å². The number of benzene rings is 2. The lowest BCUT2D eigenvalue weighted by Gasteiger charge is -2.41. The molecule has 2 aromatic carbocycles. The predicted molar refractivity (Wildman–Crippen MR) is 157 cm³/mol. The lowest BCUT2D eigenvalue weighted by Crippen LogP contribution is -2.42. The number of pyridine rings is 1. The summed E-state index contributed by atoms with van der Waals surface area (Å²) in [4.78, 5) is 9.10. The Hall–Kier alpha value is -2.79. The molecular formula is C33H41F4N3O3. The van der Waals surface area contributed by atoms with Crippen molar-refractivity contribution in [1.82, 2.24) is 14.8 Å². The fourth-order valence-electron chi connectivity index (χ4n) is 6.46. The first-order chi connectivity index (χ1) is 20.8. The van der Waals surface area contributed by atoms with Crippen LogP contribution in [-0.2, 0) is 17.7 Å². The Bertz CT molecular complexity index is 1380. The van der Waals surface area contributed by atoms with Gasteiger partial charge in [-0.05, 0) is 99.0 Å². The van der Waals surface area contributed by atoms with Crippen LogP contribution in [0.5, 0.6) is 5.75 Å². The highest BCUT2D eigenvalue weighted by Crippen LogP contribution is 2.41.